The molecule has 0 aromatic carbocycles. The van der Waals surface area contributed by atoms with Crippen LogP contribution in [-0.2, 0) is 11.8 Å². The lowest BCUT2D eigenvalue weighted by atomic mass is 10.1. The Balaban J connectivity index is 1.46. The topological polar surface area (TPSA) is 78.2 Å². The molecule has 3 aromatic heterocycles. The third-order valence-corrected chi connectivity index (χ3v) is 6.67. The molecule has 1 saturated heterocycles. The van der Waals surface area contributed by atoms with Crippen LogP contribution in [0.15, 0.2) is 18.5 Å². The van der Waals surface area contributed by atoms with E-state index < -0.39 is 0 Å². The van der Waals surface area contributed by atoms with Crippen LogP contribution in [0.5, 0.6) is 5.88 Å². The third kappa shape index (κ3) is 3.96. The summed E-state index contributed by atoms with van der Waals surface area (Å²) in [4.78, 5) is 16.6. The number of hydrogen-bond donors (Lipinski definition) is 0. The molecule has 8 heteroatoms. The predicted octanol–water partition coefficient (Wildman–Crippen LogP) is 3.38. The molecular weight excluding hydrogens is 392 g/mol. The molecule has 1 aliphatic heterocycles. The van der Waals surface area contributed by atoms with Gasteiger partial charge in [0.25, 0.3) is 0 Å². The molecular formula is C23H30N6O2. The van der Waals surface area contributed by atoms with Crippen molar-refractivity contribution in [1.82, 2.24) is 24.7 Å². The Kier molecular flexibility index (Phi) is 4.84. The van der Waals surface area contributed by atoms with Gasteiger partial charge in [0.2, 0.25) is 11.8 Å². The number of ether oxygens (including phenoxy) is 2. The van der Waals surface area contributed by atoms with Crippen LogP contribution in [0.3, 0.4) is 0 Å². The van der Waals surface area contributed by atoms with E-state index >= 15 is 0 Å². The third-order valence-electron chi connectivity index (χ3n) is 6.67. The number of aryl methyl sites for hydroxylation is 3. The normalized spacial score (nSPS) is 22.7. The van der Waals surface area contributed by atoms with Crippen LogP contribution in [0.1, 0.15) is 43.2 Å². The van der Waals surface area contributed by atoms with Crippen molar-refractivity contribution in [3.63, 3.8) is 0 Å². The molecule has 2 atom stereocenters. The van der Waals surface area contributed by atoms with E-state index in [1.54, 1.807) is 4.68 Å². The average molecular weight is 423 g/mol. The summed E-state index contributed by atoms with van der Waals surface area (Å²) in [6, 6.07) is 2.09. The van der Waals surface area contributed by atoms with Gasteiger partial charge >= 0.3 is 0 Å². The van der Waals surface area contributed by atoms with E-state index in [4.69, 9.17) is 24.4 Å². The van der Waals surface area contributed by atoms with Gasteiger partial charge in [-0.2, -0.15) is 15.1 Å². The molecule has 2 fully saturated rings. The van der Waals surface area contributed by atoms with E-state index in [0.29, 0.717) is 48.6 Å². The van der Waals surface area contributed by atoms with Crippen molar-refractivity contribution >= 4 is 17.0 Å². The highest BCUT2D eigenvalue weighted by Crippen LogP contribution is 2.51. The maximum atomic E-state index is 6.26. The lowest BCUT2D eigenvalue weighted by Crippen LogP contribution is -2.39. The van der Waals surface area contributed by atoms with Gasteiger partial charge in [-0.05, 0) is 43.2 Å². The molecule has 0 spiro atoms. The molecule has 0 amide bonds. The standard InChI is InChI=1S/C23H30N6O2/c1-14-8-18-20(25-15(14)2)26-22(27-21(18)31-13-17-9-23(17,3)4)29-6-7-30-19(12-29)16-10-24-28(5)11-16/h8,10-11,17,19H,6-7,9,12-13H2,1-5H3/t17-,19-/m0/s1. The van der Waals surface area contributed by atoms with Crippen LogP contribution in [0.2, 0.25) is 0 Å². The molecule has 4 heterocycles. The van der Waals surface area contributed by atoms with Gasteiger partial charge < -0.3 is 14.4 Å². The highest BCUT2D eigenvalue weighted by Gasteiger charge is 2.46. The Morgan fingerprint density at radius 2 is 2.03 bits per heavy atom. The SMILES string of the molecule is Cc1cc2c(OC[C@@H]3CC3(C)C)nc(N3CCO[C@H](c4cnn(C)c4)C3)nc2nc1C. The van der Waals surface area contributed by atoms with Gasteiger partial charge in [-0.1, -0.05) is 13.8 Å². The first kappa shape index (κ1) is 20.2. The fourth-order valence-electron chi connectivity index (χ4n) is 4.14. The van der Waals surface area contributed by atoms with Crippen molar-refractivity contribution in [2.24, 2.45) is 18.4 Å². The minimum absolute atomic E-state index is 0.0638. The van der Waals surface area contributed by atoms with Gasteiger partial charge in [0.15, 0.2) is 5.65 Å². The van der Waals surface area contributed by atoms with Crippen LogP contribution in [-0.4, -0.2) is 51.0 Å². The minimum atomic E-state index is -0.0638. The van der Waals surface area contributed by atoms with Crippen molar-refractivity contribution < 1.29 is 9.47 Å². The van der Waals surface area contributed by atoms with Crippen LogP contribution in [0.4, 0.5) is 5.95 Å². The maximum Gasteiger partial charge on any atom is 0.230 e. The summed E-state index contributed by atoms with van der Waals surface area (Å²) in [6.07, 6.45) is 4.98. The van der Waals surface area contributed by atoms with Crippen LogP contribution < -0.4 is 9.64 Å². The largest absolute Gasteiger partial charge is 0.477 e. The summed E-state index contributed by atoms with van der Waals surface area (Å²) in [7, 11) is 1.91. The van der Waals surface area contributed by atoms with Crippen molar-refractivity contribution in [3.05, 3.63) is 35.3 Å². The Hall–Kier alpha value is -2.74. The number of hydrogen-bond acceptors (Lipinski definition) is 7. The fraction of sp³-hybridized carbons (Fsp3) is 0.565. The van der Waals surface area contributed by atoms with Crippen LogP contribution in [0, 0.1) is 25.2 Å². The number of pyridine rings is 1. The van der Waals surface area contributed by atoms with Crippen LogP contribution >= 0.6 is 0 Å². The molecule has 3 aromatic rings. The molecule has 8 nitrogen and oxygen atoms in total. The van der Waals surface area contributed by atoms with Crippen molar-refractivity contribution in [2.45, 2.75) is 40.2 Å². The lowest BCUT2D eigenvalue weighted by Gasteiger charge is -2.32. The van der Waals surface area contributed by atoms with Gasteiger partial charge in [-0.15, -0.1) is 0 Å². The zero-order chi connectivity index (χ0) is 21.8. The van der Waals surface area contributed by atoms with E-state index in [1.807, 2.05) is 26.4 Å². The second-order valence-corrected chi connectivity index (χ2v) is 9.54. The maximum absolute atomic E-state index is 6.26. The van der Waals surface area contributed by atoms with E-state index in [2.05, 4.69) is 36.8 Å². The molecule has 0 radical (unpaired) electrons. The van der Waals surface area contributed by atoms with Gasteiger partial charge in [0, 0.05) is 31.0 Å². The Labute approximate surface area is 182 Å². The first-order chi connectivity index (χ1) is 14.8. The Morgan fingerprint density at radius 3 is 2.74 bits per heavy atom. The summed E-state index contributed by atoms with van der Waals surface area (Å²) in [6.45, 7) is 11.3. The van der Waals surface area contributed by atoms with Gasteiger partial charge in [-0.3, -0.25) is 4.68 Å². The zero-order valence-electron chi connectivity index (χ0n) is 18.9. The first-order valence-corrected chi connectivity index (χ1v) is 10.9. The molecule has 1 aliphatic carbocycles. The zero-order valence-corrected chi connectivity index (χ0v) is 18.9. The molecule has 31 heavy (non-hydrogen) atoms. The Morgan fingerprint density at radius 1 is 1.23 bits per heavy atom. The smallest absolute Gasteiger partial charge is 0.230 e. The number of nitrogens with zero attached hydrogens (tertiary/aromatic N) is 6. The second kappa shape index (κ2) is 7.44. The van der Waals surface area contributed by atoms with E-state index in [1.165, 1.54) is 6.42 Å². The van der Waals surface area contributed by atoms with Crippen LogP contribution in [0.25, 0.3) is 11.0 Å². The number of fused-ring (bicyclic) bond motifs is 1. The lowest BCUT2D eigenvalue weighted by molar-refractivity contribution is 0.0391. The summed E-state index contributed by atoms with van der Waals surface area (Å²) in [5, 5.41) is 5.16. The molecule has 0 N–H and O–H groups in total. The number of aromatic nitrogens is 5. The minimum Gasteiger partial charge on any atom is -0.477 e. The van der Waals surface area contributed by atoms with E-state index in [0.717, 1.165) is 28.8 Å². The van der Waals surface area contributed by atoms with Gasteiger partial charge in [-0.25, -0.2) is 4.98 Å². The van der Waals surface area contributed by atoms with Gasteiger partial charge in [0.05, 0.1) is 31.3 Å². The molecule has 0 bridgehead atoms. The summed E-state index contributed by atoms with van der Waals surface area (Å²) in [5.41, 5.74) is 4.19. The predicted molar refractivity (Wildman–Crippen MR) is 118 cm³/mol. The molecule has 0 unspecified atom stereocenters. The van der Waals surface area contributed by atoms with Crippen molar-refractivity contribution in [1.29, 1.82) is 0 Å². The highest BCUT2D eigenvalue weighted by atomic mass is 16.5. The van der Waals surface area contributed by atoms with Crippen molar-refractivity contribution in [2.75, 3.05) is 31.2 Å². The molecule has 164 valence electrons. The molecule has 2 aliphatic rings. The Bertz CT molecular complexity index is 1120. The van der Waals surface area contributed by atoms with E-state index in [9.17, 15) is 0 Å². The fourth-order valence-corrected chi connectivity index (χ4v) is 4.14. The monoisotopic (exact) mass is 422 g/mol. The first-order valence-electron chi connectivity index (χ1n) is 10.9. The number of morpholine rings is 1. The molecule has 1 saturated carbocycles. The summed E-state index contributed by atoms with van der Waals surface area (Å²) < 4.78 is 14.0. The summed E-state index contributed by atoms with van der Waals surface area (Å²) in [5.74, 6) is 1.84. The average Bonchev–Trinajstić information content (AvgIpc) is 3.13. The summed E-state index contributed by atoms with van der Waals surface area (Å²) >= 11 is 0. The quantitative estimate of drug-likeness (QED) is 0.624. The van der Waals surface area contributed by atoms with Gasteiger partial charge in [0.1, 0.15) is 6.10 Å². The highest BCUT2D eigenvalue weighted by molar-refractivity contribution is 5.82. The molecule has 5 rings (SSSR count). The second-order valence-electron chi connectivity index (χ2n) is 9.54. The van der Waals surface area contributed by atoms with E-state index in [-0.39, 0.29) is 6.10 Å². The van der Waals surface area contributed by atoms with Crippen molar-refractivity contribution in [3.8, 4) is 5.88 Å². The number of rotatable bonds is 5. The number of anilines is 1.